The van der Waals surface area contributed by atoms with Gasteiger partial charge in [0.2, 0.25) is 0 Å². The number of nitrogens with one attached hydrogen (secondary N) is 1. The number of carbonyl (C=O) groups excluding carboxylic acids is 1. The van der Waals surface area contributed by atoms with Crippen molar-refractivity contribution in [2.75, 3.05) is 19.8 Å². The number of H-pyrrole nitrogens is 1. The van der Waals surface area contributed by atoms with Crippen molar-refractivity contribution in [3.63, 3.8) is 0 Å². The summed E-state index contributed by atoms with van der Waals surface area (Å²) in [5, 5.41) is 0.669. The summed E-state index contributed by atoms with van der Waals surface area (Å²) in [6.45, 7) is 5.09. The van der Waals surface area contributed by atoms with Crippen LogP contribution in [0.15, 0.2) is 36.5 Å². The highest BCUT2D eigenvalue weighted by Crippen LogP contribution is 2.27. The predicted molar refractivity (Wildman–Crippen MR) is 109 cm³/mol. The Kier molecular flexibility index (Phi) is 6.99. The highest BCUT2D eigenvalue weighted by molar-refractivity contribution is 6.09. The Morgan fingerprint density at radius 2 is 1.93 bits per heavy atom. The Hall–Kier alpha value is -2.73. The number of hydrogen-bond acceptors (Lipinski definition) is 3. The van der Waals surface area contributed by atoms with Gasteiger partial charge in [0.1, 0.15) is 24.0 Å². The molecular formula is C23H25F2NO3. The van der Waals surface area contributed by atoms with Crippen LogP contribution in [0.3, 0.4) is 0 Å². The number of hydrogen-bond donors (Lipinski definition) is 1. The minimum Gasteiger partial charge on any atom is -0.491 e. The van der Waals surface area contributed by atoms with Crippen molar-refractivity contribution in [2.45, 2.75) is 33.1 Å². The number of fused-ring (bicyclic) bond motifs is 1. The van der Waals surface area contributed by atoms with Gasteiger partial charge in [-0.1, -0.05) is 19.4 Å². The third-order valence-electron chi connectivity index (χ3n) is 4.86. The molecule has 29 heavy (non-hydrogen) atoms. The molecule has 3 aromatic rings. The molecule has 1 N–H and O–H groups in total. The predicted octanol–water partition coefficient (Wildman–Crippen LogP) is 5.38. The lowest BCUT2D eigenvalue weighted by atomic mass is 10.0. The zero-order chi connectivity index (χ0) is 20.8. The topological polar surface area (TPSA) is 51.3 Å². The highest BCUT2D eigenvalue weighted by atomic mass is 19.1. The molecule has 0 unspecified atom stereocenters. The van der Waals surface area contributed by atoms with Crippen LogP contribution in [0.2, 0.25) is 0 Å². The summed E-state index contributed by atoms with van der Waals surface area (Å²) in [5.74, 6) is -0.576. The number of ketones is 1. The maximum absolute atomic E-state index is 13.7. The summed E-state index contributed by atoms with van der Waals surface area (Å²) in [6.07, 6.45) is 3.67. The van der Waals surface area contributed by atoms with E-state index in [-0.39, 0.29) is 24.6 Å². The molecule has 0 fully saturated rings. The number of unbranched alkanes of at least 4 members (excludes halogenated alkanes) is 1. The van der Waals surface area contributed by atoms with E-state index < -0.39 is 5.82 Å². The van der Waals surface area contributed by atoms with Crippen LogP contribution in [0.5, 0.6) is 5.75 Å². The lowest BCUT2D eigenvalue weighted by Crippen LogP contribution is -2.10. The van der Waals surface area contributed by atoms with E-state index in [9.17, 15) is 13.6 Å². The van der Waals surface area contributed by atoms with E-state index in [2.05, 4.69) is 11.9 Å². The lowest BCUT2D eigenvalue weighted by Gasteiger charge is -2.12. The van der Waals surface area contributed by atoms with Crippen LogP contribution in [0.1, 0.15) is 41.3 Å². The third-order valence-corrected chi connectivity index (χ3v) is 4.86. The van der Waals surface area contributed by atoms with Gasteiger partial charge >= 0.3 is 0 Å². The van der Waals surface area contributed by atoms with Gasteiger partial charge in [-0.2, -0.15) is 0 Å². The van der Waals surface area contributed by atoms with Gasteiger partial charge in [0.25, 0.3) is 0 Å². The number of rotatable bonds is 10. The molecule has 0 aliphatic heterocycles. The van der Waals surface area contributed by atoms with Gasteiger partial charge in [0.05, 0.1) is 12.1 Å². The molecule has 0 amide bonds. The summed E-state index contributed by atoms with van der Waals surface area (Å²) in [6, 6.07) is 7.09. The fourth-order valence-electron chi connectivity index (χ4n) is 3.19. The Balaban J connectivity index is 1.73. The van der Waals surface area contributed by atoms with Gasteiger partial charge in [-0.15, -0.1) is 0 Å². The number of carbonyl (C=O) groups is 1. The molecule has 1 heterocycles. The summed E-state index contributed by atoms with van der Waals surface area (Å²) >= 11 is 0. The smallest absolute Gasteiger partial charge is 0.169 e. The van der Waals surface area contributed by atoms with Crippen LogP contribution < -0.4 is 4.74 Å². The first-order chi connectivity index (χ1) is 14.0. The number of Topliss-reactive ketones (excluding diaryl/α,β-unsaturated/α-hetero) is 1. The first-order valence-corrected chi connectivity index (χ1v) is 9.79. The number of ether oxygens (including phenoxy) is 2. The van der Waals surface area contributed by atoms with E-state index >= 15 is 0 Å². The molecule has 2 aromatic carbocycles. The van der Waals surface area contributed by atoms with Gasteiger partial charge in [-0.05, 0) is 31.5 Å². The number of aromatic amines is 1. The van der Waals surface area contributed by atoms with Crippen molar-refractivity contribution >= 4 is 16.7 Å². The van der Waals surface area contributed by atoms with Crippen LogP contribution in [0.4, 0.5) is 8.78 Å². The Bertz CT molecular complexity index is 997. The average molecular weight is 401 g/mol. The first kappa shape index (κ1) is 21.0. The van der Waals surface area contributed by atoms with Gasteiger partial charge in [0.15, 0.2) is 5.78 Å². The molecule has 3 rings (SSSR count). The van der Waals surface area contributed by atoms with E-state index in [1.807, 2.05) is 0 Å². The second kappa shape index (κ2) is 9.65. The minimum atomic E-state index is -0.429. The van der Waals surface area contributed by atoms with Crippen LogP contribution in [0.25, 0.3) is 10.9 Å². The van der Waals surface area contributed by atoms with Gasteiger partial charge in [-0.25, -0.2) is 8.78 Å². The first-order valence-electron chi connectivity index (χ1n) is 9.79. The molecule has 0 spiro atoms. The van der Waals surface area contributed by atoms with Crippen molar-refractivity contribution in [3.05, 3.63) is 64.9 Å². The largest absolute Gasteiger partial charge is 0.491 e. The zero-order valence-electron chi connectivity index (χ0n) is 16.7. The number of aromatic nitrogens is 1. The van der Waals surface area contributed by atoms with Crippen molar-refractivity contribution in [2.24, 2.45) is 0 Å². The second-order valence-corrected chi connectivity index (χ2v) is 6.96. The van der Waals surface area contributed by atoms with Crippen LogP contribution >= 0.6 is 0 Å². The quantitative estimate of drug-likeness (QED) is 0.367. The molecule has 0 saturated carbocycles. The zero-order valence-corrected chi connectivity index (χ0v) is 16.7. The van der Waals surface area contributed by atoms with Crippen LogP contribution in [0, 0.1) is 18.6 Å². The number of benzene rings is 2. The Morgan fingerprint density at radius 1 is 1.10 bits per heavy atom. The second-order valence-electron chi connectivity index (χ2n) is 6.96. The highest BCUT2D eigenvalue weighted by Gasteiger charge is 2.17. The Labute approximate surface area is 168 Å². The van der Waals surface area contributed by atoms with E-state index in [4.69, 9.17) is 9.47 Å². The molecular weight excluding hydrogens is 376 g/mol. The van der Waals surface area contributed by atoms with Crippen molar-refractivity contribution < 1.29 is 23.0 Å². The SMILES string of the molecule is CCCCOCCOc1cc(F)ccc1CC(=O)c1c[nH]c2c(C)c(F)ccc12. The lowest BCUT2D eigenvalue weighted by molar-refractivity contribution is 0.0963. The molecule has 0 saturated heterocycles. The molecule has 0 radical (unpaired) electrons. The van der Waals surface area contributed by atoms with Crippen molar-refractivity contribution in [1.29, 1.82) is 0 Å². The van der Waals surface area contributed by atoms with Gasteiger partial charge in [-0.3, -0.25) is 4.79 Å². The fourth-order valence-corrected chi connectivity index (χ4v) is 3.19. The molecule has 0 aliphatic carbocycles. The number of halogens is 2. The molecule has 0 aliphatic rings. The summed E-state index contributed by atoms with van der Waals surface area (Å²) in [7, 11) is 0. The van der Waals surface area contributed by atoms with E-state index in [1.165, 1.54) is 18.2 Å². The molecule has 4 nitrogen and oxygen atoms in total. The normalized spacial score (nSPS) is 11.2. The maximum atomic E-state index is 13.7. The number of aryl methyl sites for hydroxylation is 1. The van der Waals surface area contributed by atoms with E-state index in [0.717, 1.165) is 12.8 Å². The Morgan fingerprint density at radius 3 is 2.72 bits per heavy atom. The van der Waals surface area contributed by atoms with Crippen LogP contribution in [-0.4, -0.2) is 30.6 Å². The molecule has 0 atom stereocenters. The fraction of sp³-hybridized carbons (Fsp3) is 0.348. The summed E-state index contributed by atoms with van der Waals surface area (Å²) in [4.78, 5) is 15.9. The molecule has 154 valence electrons. The van der Waals surface area contributed by atoms with Crippen molar-refractivity contribution in [1.82, 2.24) is 4.98 Å². The molecule has 6 heteroatoms. The third kappa shape index (κ3) is 5.01. The standard InChI is InChI=1S/C23H25F2NO3/c1-3-4-9-28-10-11-29-22-13-17(24)6-5-16(22)12-21(27)19-14-26-23-15(2)20(25)8-7-18(19)23/h5-8,13-14,26H,3-4,9-12H2,1-2H3. The molecule has 0 bridgehead atoms. The summed E-state index contributed by atoms with van der Waals surface area (Å²) in [5.41, 5.74) is 2.14. The van der Waals surface area contributed by atoms with Gasteiger partial charge in [0, 0.05) is 47.4 Å². The van der Waals surface area contributed by atoms with Crippen LogP contribution in [-0.2, 0) is 11.2 Å². The summed E-state index contributed by atoms with van der Waals surface area (Å²) < 4.78 is 38.6. The van der Waals surface area contributed by atoms with Gasteiger partial charge < -0.3 is 14.5 Å². The molecule has 1 aromatic heterocycles. The van der Waals surface area contributed by atoms with E-state index in [1.54, 1.807) is 25.3 Å². The van der Waals surface area contributed by atoms with E-state index in [0.29, 0.717) is 46.6 Å². The van der Waals surface area contributed by atoms with Crippen molar-refractivity contribution in [3.8, 4) is 5.75 Å². The maximum Gasteiger partial charge on any atom is 0.169 e. The average Bonchev–Trinajstić information content (AvgIpc) is 3.14. The minimum absolute atomic E-state index is 0.0513. The monoisotopic (exact) mass is 401 g/mol.